The van der Waals surface area contributed by atoms with Crippen molar-refractivity contribution >= 4 is 5.69 Å². The SMILES string of the molecule is CN(C)c1ccc2c(c1)OC(N)=C(C#N)C2c1cc(F)ccc1F. The summed E-state index contributed by atoms with van der Waals surface area (Å²) in [5, 5.41) is 9.43. The van der Waals surface area contributed by atoms with Gasteiger partial charge >= 0.3 is 0 Å². The molecule has 3 rings (SSSR count). The van der Waals surface area contributed by atoms with Crippen molar-refractivity contribution in [2.75, 3.05) is 19.0 Å². The van der Waals surface area contributed by atoms with Crippen molar-refractivity contribution in [1.82, 2.24) is 0 Å². The van der Waals surface area contributed by atoms with Crippen LogP contribution in [0.2, 0.25) is 0 Å². The van der Waals surface area contributed by atoms with Crippen molar-refractivity contribution in [3.8, 4) is 11.8 Å². The summed E-state index contributed by atoms with van der Waals surface area (Å²) in [6.07, 6.45) is 0. The van der Waals surface area contributed by atoms with E-state index in [1.165, 1.54) is 0 Å². The third-order valence-electron chi connectivity index (χ3n) is 3.99. The molecule has 2 aromatic carbocycles. The maximum atomic E-state index is 14.3. The van der Waals surface area contributed by atoms with E-state index in [9.17, 15) is 14.0 Å². The molecule has 122 valence electrons. The zero-order chi connectivity index (χ0) is 17.4. The minimum absolute atomic E-state index is 0.0525. The Kier molecular flexibility index (Phi) is 3.86. The van der Waals surface area contributed by atoms with E-state index in [2.05, 4.69) is 0 Å². The van der Waals surface area contributed by atoms with Gasteiger partial charge in [0, 0.05) is 37.0 Å². The van der Waals surface area contributed by atoms with Gasteiger partial charge in [-0.3, -0.25) is 0 Å². The third kappa shape index (κ3) is 2.54. The van der Waals surface area contributed by atoms with Crippen LogP contribution >= 0.6 is 0 Å². The van der Waals surface area contributed by atoms with Gasteiger partial charge in [-0.15, -0.1) is 0 Å². The molecule has 1 heterocycles. The van der Waals surface area contributed by atoms with Crippen LogP contribution in [0, 0.1) is 23.0 Å². The van der Waals surface area contributed by atoms with Crippen LogP contribution in [0.5, 0.6) is 5.75 Å². The van der Waals surface area contributed by atoms with E-state index in [4.69, 9.17) is 10.5 Å². The van der Waals surface area contributed by atoms with Crippen LogP contribution in [-0.4, -0.2) is 14.1 Å². The molecule has 1 aliphatic rings. The average molecular weight is 327 g/mol. The Labute approximate surface area is 138 Å². The number of anilines is 1. The van der Waals surface area contributed by atoms with Crippen molar-refractivity contribution in [3.05, 3.63) is 70.6 Å². The first-order chi connectivity index (χ1) is 11.4. The lowest BCUT2D eigenvalue weighted by molar-refractivity contribution is 0.392. The number of halogens is 2. The molecule has 0 bridgehead atoms. The minimum atomic E-state index is -0.814. The van der Waals surface area contributed by atoms with Crippen molar-refractivity contribution in [1.29, 1.82) is 5.26 Å². The highest BCUT2D eigenvalue weighted by atomic mass is 19.1. The number of nitrogens with zero attached hydrogens (tertiary/aromatic N) is 2. The molecule has 0 saturated carbocycles. The molecule has 0 aromatic heterocycles. The molecule has 0 aliphatic carbocycles. The average Bonchev–Trinajstić information content (AvgIpc) is 2.55. The molecule has 2 N–H and O–H groups in total. The Morgan fingerprint density at radius 1 is 1.12 bits per heavy atom. The predicted octanol–water partition coefficient (Wildman–Crippen LogP) is 3.25. The Morgan fingerprint density at radius 2 is 1.88 bits per heavy atom. The lowest BCUT2D eigenvalue weighted by Gasteiger charge is -2.27. The number of allylic oxidation sites excluding steroid dienone is 1. The van der Waals surface area contributed by atoms with Gasteiger partial charge in [-0.05, 0) is 24.3 Å². The second-order valence-electron chi connectivity index (χ2n) is 5.71. The second kappa shape index (κ2) is 5.85. The van der Waals surface area contributed by atoms with Gasteiger partial charge in [-0.2, -0.15) is 5.26 Å². The van der Waals surface area contributed by atoms with E-state index in [1.807, 2.05) is 31.1 Å². The molecule has 0 fully saturated rings. The third-order valence-corrected chi connectivity index (χ3v) is 3.99. The first-order valence-corrected chi connectivity index (χ1v) is 7.26. The fraction of sp³-hybridized carbons (Fsp3) is 0.167. The molecule has 0 radical (unpaired) electrons. The summed E-state index contributed by atoms with van der Waals surface area (Å²) in [7, 11) is 3.74. The summed E-state index contributed by atoms with van der Waals surface area (Å²) in [4.78, 5) is 1.88. The van der Waals surface area contributed by atoms with E-state index in [-0.39, 0.29) is 17.0 Å². The maximum Gasteiger partial charge on any atom is 0.205 e. The topological polar surface area (TPSA) is 62.3 Å². The quantitative estimate of drug-likeness (QED) is 0.920. The monoisotopic (exact) mass is 327 g/mol. The maximum absolute atomic E-state index is 14.3. The van der Waals surface area contributed by atoms with Crippen LogP contribution < -0.4 is 15.4 Å². The van der Waals surface area contributed by atoms with Crippen LogP contribution in [0.4, 0.5) is 14.5 Å². The highest BCUT2D eigenvalue weighted by Gasteiger charge is 2.32. The summed E-state index contributed by atoms with van der Waals surface area (Å²) in [6.45, 7) is 0. The molecule has 6 heteroatoms. The molecule has 0 spiro atoms. The number of nitriles is 1. The number of hydrogen-bond donors (Lipinski definition) is 1. The molecule has 1 atom stereocenters. The summed E-state index contributed by atoms with van der Waals surface area (Å²) < 4.78 is 33.5. The Morgan fingerprint density at radius 3 is 2.54 bits per heavy atom. The van der Waals surface area contributed by atoms with E-state index >= 15 is 0 Å². The van der Waals surface area contributed by atoms with Crippen LogP contribution in [0.3, 0.4) is 0 Å². The van der Waals surface area contributed by atoms with Gasteiger partial charge in [0.05, 0.1) is 5.92 Å². The van der Waals surface area contributed by atoms with Crippen LogP contribution in [-0.2, 0) is 0 Å². The summed E-state index contributed by atoms with van der Waals surface area (Å²) >= 11 is 0. The van der Waals surface area contributed by atoms with Gasteiger partial charge < -0.3 is 15.4 Å². The first kappa shape index (κ1) is 15.8. The fourth-order valence-corrected chi connectivity index (χ4v) is 2.78. The van der Waals surface area contributed by atoms with Crippen LogP contribution in [0.25, 0.3) is 0 Å². The highest BCUT2D eigenvalue weighted by molar-refractivity contribution is 5.61. The smallest absolute Gasteiger partial charge is 0.205 e. The van der Waals surface area contributed by atoms with Gasteiger partial charge in [-0.25, -0.2) is 8.78 Å². The standard InChI is InChI=1S/C18H15F2N3O/c1-23(2)11-4-5-12-16(8-11)24-18(22)14(9-21)17(12)13-7-10(19)3-6-15(13)20/h3-8,17H,22H2,1-2H3. The van der Waals surface area contributed by atoms with E-state index in [1.54, 1.807) is 12.1 Å². The van der Waals surface area contributed by atoms with Crippen molar-refractivity contribution in [2.24, 2.45) is 5.73 Å². The van der Waals surface area contributed by atoms with Crippen LogP contribution in [0.15, 0.2) is 47.9 Å². The Hall–Kier alpha value is -3.07. The highest BCUT2D eigenvalue weighted by Crippen LogP contribution is 2.44. The lowest BCUT2D eigenvalue weighted by Crippen LogP contribution is -2.22. The zero-order valence-electron chi connectivity index (χ0n) is 13.2. The minimum Gasteiger partial charge on any atom is -0.440 e. The molecule has 0 saturated heterocycles. The van der Waals surface area contributed by atoms with Gasteiger partial charge in [-0.1, -0.05) is 6.07 Å². The van der Waals surface area contributed by atoms with Crippen molar-refractivity contribution in [3.63, 3.8) is 0 Å². The van der Waals surface area contributed by atoms with Crippen molar-refractivity contribution in [2.45, 2.75) is 5.92 Å². The van der Waals surface area contributed by atoms with Gasteiger partial charge in [0.1, 0.15) is 29.0 Å². The molecule has 0 amide bonds. The zero-order valence-corrected chi connectivity index (χ0v) is 13.2. The van der Waals surface area contributed by atoms with E-state index in [0.29, 0.717) is 11.3 Å². The predicted molar refractivity (Wildman–Crippen MR) is 86.4 cm³/mol. The molecule has 4 nitrogen and oxygen atoms in total. The molecule has 24 heavy (non-hydrogen) atoms. The summed E-state index contributed by atoms with van der Waals surface area (Å²) in [5.74, 6) is -1.68. The number of rotatable bonds is 2. The largest absolute Gasteiger partial charge is 0.440 e. The fourth-order valence-electron chi connectivity index (χ4n) is 2.78. The number of benzene rings is 2. The molecule has 1 unspecified atom stereocenters. The normalized spacial score (nSPS) is 16.2. The van der Waals surface area contributed by atoms with Crippen LogP contribution in [0.1, 0.15) is 17.0 Å². The number of fused-ring (bicyclic) bond motifs is 1. The number of ether oxygens (including phenoxy) is 1. The first-order valence-electron chi connectivity index (χ1n) is 7.26. The Balaban J connectivity index is 2.24. The van der Waals surface area contributed by atoms with Gasteiger partial charge in [0.2, 0.25) is 5.88 Å². The molecule has 1 aliphatic heterocycles. The molecule has 2 aromatic rings. The summed E-state index contributed by atoms with van der Waals surface area (Å²) in [6, 6.07) is 10.4. The van der Waals surface area contributed by atoms with Gasteiger partial charge in [0.15, 0.2) is 0 Å². The number of hydrogen-bond acceptors (Lipinski definition) is 4. The summed E-state index contributed by atoms with van der Waals surface area (Å²) in [5.41, 5.74) is 7.39. The number of nitrogens with two attached hydrogens (primary N) is 1. The Bertz CT molecular complexity index is 884. The molecular weight excluding hydrogens is 312 g/mol. The molecular formula is C18H15F2N3O. The lowest BCUT2D eigenvalue weighted by atomic mass is 9.83. The van der Waals surface area contributed by atoms with Gasteiger partial charge in [0.25, 0.3) is 0 Å². The van der Waals surface area contributed by atoms with E-state index in [0.717, 1.165) is 23.9 Å². The van der Waals surface area contributed by atoms with E-state index < -0.39 is 17.6 Å². The second-order valence-corrected chi connectivity index (χ2v) is 5.71. The van der Waals surface area contributed by atoms with Crippen molar-refractivity contribution < 1.29 is 13.5 Å².